The zero-order valence-corrected chi connectivity index (χ0v) is 16.6. The summed E-state index contributed by atoms with van der Waals surface area (Å²) in [4.78, 5) is 9.14. The van der Waals surface area contributed by atoms with Crippen LogP contribution in [0, 0.1) is 6.92 Å². The number of hydrogen-bond acceptors (Lipinski definition) is 5. The molecule has 2 N–H and O–H groups in total. The topological polar surface area (TPSA) is 59.1 Å². The van der Waals surface area contributed by atoms with Gasteiger partial charge in [0.2, 0.25) is 5.95 Å². The van der Waals surface area contributed by atoms with Crippen molar-refractivity contribution in [2.75, 3.05) is 17.2 Å². The maximum absolute atomic E-state index is 5.87. The van der Waals surface area contributed by atoms with Crippen molar-refractivity contribution in [1.29, 1.82) is 0 Å². The molecule has 3 rings (SSSR count). The Hall–Kier alpha value is -2.56. The van der Waals surface area contributed by atoms with Crippen molar-refractivity contribution in [3.8, 4) is 5.75 Å². The second-order valence-electron chi connectivity index (χ2n) is 7.29. The van der Waals surface area contributed by atoms with E-state index in [1.807, 2.05) is 51.1 Å². The molecule has 5 nitrogen and oxygen atoms in total. The summed E-state index contributed by atoms with van der Waals surface area (Å²) in [6.45, 7) is 6.92. The molecule has 0 radical (unpaired) electrons. The van der Waals surface area contributed by atoms with Crippen LogP contribution in [0.15, 0.2) is 42.0 Å². The van der Waals surface area contributed by atoms with Crippen molar-refractivity contribution >= 4 is 17.5 Å². The highest BCUT2D eigenvalue weighted by atomic mass is 16.5. The van der Waals surface area contributed by atoms with Crippen molar-refractivity contribution in [2.45, 2.75) is 59.0 Å². The SMILES string of the molecule is Cc1cc(NCCC2=CCCCC2)nc(Nc2ccccc2OC(C)C)n1. The molecule has 1 aromatic heterocycles. The van der Waals surface area contributed by atoms with Crippen LogP contribution in [0.1, 0.15) is 51.6 Å². The largest absolute Gasteiger partial charge is 0.489 e. The van der Waals surface area contributed by atoms with Gasteiger partial charge in [-0.2, -0.15) is 4.98 Å². The number of ether oxygens (including phenoxy) is 1. The predicted octanol–water partition coefficient (Wildman–Crippen LogP) is 5.62. The first-order chi connectivity index (χ1) is 13.1. The molecule has 0 atom stereocenters. The van der Waals surface area contributed by atoms with E-state index in [0.29, 0.717) is 5.95 Å². The van der Waals surface area contributed by atoms with Crippen LogP contribution in [0.4, 0.5) is 17.5 Å². The standard InChI is InChI=1S/C22H30N4O/c1-16(2)27-20-12-8-7-11-19(20)25-22-24-17(3)15-21(26-22)23-14-13-18-9-5-4-6-10-18/h7-9,11-12,15-16H,4-6,10,13-14H2,1-3H3,(H2,23,24,25,26). The highest BCUT2D eigenvalue weighted by Gasteiger charge is 2.09. The van der Waals surface area contributed by atoms with Gasteiger partial charge in [-0.25, -0.2) is 4.98 Å². The van der Waals surface area contributed by atoms with Crippen molar-refractivity contribution in [1.82, 2.24) is 9.97 Å². The van der Waals surface area contributed by atoms with Gasteiger partial charge in [0.15, 0.2) is 0 Å². The summed E-state index contributed by atoms with van der Waals surface area (Å²) in [6, 6.07) is 9.85. The first-order valence-electron chi connectivity index (χ1n) is 9.90. The summed E-state index contributed by atoms with van der Waals surface area (Å²) in [5.74, 6) is 2.23. The normalized spacial score (nSPS) is 14.0. The van der Waals surface area contributed by atoms with Gasteiger partial charge >= 0.3 is 0 Å². The number of nitrogens with zero attached hydrogens (tertiary/aromatic N) is 2. The molecule has 0 spiro atoms. The van der Waals surface area contributed by atoms with E-state index >= 15 is 0 Å². The average molecular weight is 367 g/mol. The number of hydrogen-bond donors (Lipinski definition) is 2. The summed E-state index contributed by atoms with van der Waals surface area (Å²) in [5.41, 5.74) is 3.36. The van der Waals surface area contributed by atoms with Gasteiger partial charge in [-0.1, -0.05) is 23.8 Å². The minimum atomic E-state index is 0.109. The highest BCUT2D eigenvalue weighted by Crippen LogP contribution is 2.27. The molecule has 1 aliphatic carbocycles. The number of allylic oxidation sites excluding steroid dienone is 1. The van der Waals surface area contributed by atoms with E-state index in [1.54, 1.807) is 5.57 Å². The molecule has 0 saturated carbocycles. The van der Waals surface area contributed by atoms with Gasteiger partial charge in [-0.15, -0.1) is 0 Å². The van der Waals surface area contributed by atoms with Crippen molar-refractivity contribution in [3.05, 3.63) is 47.7 Å². The van der Waals surface area contributed by atoms with Gasteiger partial charge in [0, 0.05) is 18.3 Å². The second-order valence-corrected chi connectivity index (χ2v) is 7.29. The van der Waals surface area contributed by atoms with Crippen molar-refractivity contribution < 1.29 is 4.74 Å². The molecule has 0 saturated heterocycles. The minimum absolute atomic E-state index is 0.109. The van der Waals surface area contributed by atoms with Gasteiger partial charge in [-0.3, -0.25) is 0 Å². The lowest BCUT2D eigenvalue weighted by Gasteiger charge is -2.16. The fourth-order valence-corrected chi connectivity index (χ4v) is 3.24. The predicted molar refractivity (Wildman–Crippen MR) is 112 cm³/mol. The maximum Gasteiger partial charge on any atom is 0.229 e. The number of aromatic nitrogens is 2. The lowest BCUT2D eigenvalue weighted by atomic mass is 9.97. The summed E-state index contributed by atoms with van der Waals surface area (Å²) < 4.78 is 5.87. The quantitative estimate of drug-likeness (QED) is 0.594. The molecule has 0 amide bonds. The third-order valence-electron chi connectivity index (χ3n) is 4.49. The molecule has 27 heavy (non-hydrogen) atoms. The van der Waals surface area contributed by atoms with Crippen LogP contribution >= 0.6 is 0 Å². The van der Waals surface area contributed by atoms with Crippen LogP contribution < -0.4 is 15.4 Å². The Balaban J connectivity index is 1.66. The number of para-hydroxylation sites is 2. The number of anilines is 3. The van der Waals surface area contributed by atoms with Gasteiger partial charge < -0.3 is 15.4 Å². The smallest absolute Gasteiger partial charge is 0.229 e. The Morgan fingerprint density at radius 2 is 2.00 bits per heavy atom. The second kappa shape index (κ2) is 9.40. The Morgan fingerprint density at radius 1 is 1.15 bits per heavy atom. The van der Waals surface area contributed by atoms with Crippen LogP contribution in [0.5, 0.6) is 5.75 Å². The molecule has 0 bridgehead atoms. The summed E-state index contributed by atoms with van der Waals surface area (Å²) in [6.07, 6.45) is 8.71. The van der Waals surface area contributed by atoms with Crippen molar-refractivity contribution in [2.24, 2.45) is 0 Å². The molecule has 2 aromatic rings. The van der Waals surface area contributed by atoms with Gasteiger partial charge in [0.1, 0.15) is 11.6 Å². The Labute approximate surface area is 162 Å². The summed E-state index contributed by atoms with van der Waals surface area (Å²) >= 11 is 0. The van der Waals surface area contributed by atoms with Gasteiger partial charge in [0.25, 0.3) is 0 Å². The molecule has 1 aromatic carbocycles. The Morgan fingerprint density at radius 3 is 2.78 bits per heavy atom. The third-order valence-corrected chi connectivity index (χ3v) is 4.49. The Bertz CT molecular complexity index is 786. The van der Waals surface area contributed by atoms with E-state index in [1.165, 1.54) is 25.7 Å². The zero-order chi connectivity index (χ0) is 19.1. The number of benzene rings is 1. The summed E-state index contributed by atoms with van der Waals surface area (Å²) in [5, 5.41) is 6.74. The van der Waals surface area contributed by atoms with E-state index in [0.717, 1.165) is 35.9 Å². The molecule has 144 valence electrons. The average Bonchev–Trinajstić information content (AvgIpc) is 2.63. The molecule has 1 aliphatic rings. The molecule has 0 fully saturated rings. The molecule has 5 heteroatoms. The van der Waals surface area contributed by atoms with Crippen LogP contribution in [-0.2, 0) is 0 Å². The van der Waals surface area contributed by atoms with E-state index in [9.17, 15) is 0 Å². The lowest BCUT2D eigenvalue weighted by molar-refractivity contribution is 0.244. The molecule has 0 aliphatic heterocycles. The molecular weight excluding hydrogens is 336 g/mol. The van der Waals surface area contributed by atoms with Crippen LogP contribution in [0.25, 0.3) is 0 Å². The fourth-order valence-electron chi connectivity index (χ4n) is 3.24. The fraction of sp³-hybridized carbons (Fsp3) is 0.455. The van der Waals surface area contributed by atoms with Gasteiger partial charge in [0.05, 0.1) is 11.8 Å². The van der Waals surface area contributed by atoms with Crippen molar-refractivity contribution in [3.63, 3.8) is 0 Å². The van der Waals surface area contributed by atoms with E-state index in [-0.39, 0.29) is 6.10 Å². The van der Waals surface area contributed by atoms with E-state index < -0.39 is 0 Å². The molecular formula is C22H30N4O. The first kappa shape index (κ1) is 19.2. The number of nitrogens with one attached hydrogen (secondary N) is 2. The lowest BCUT2D eigenvalue weighted by Crippen LogP contribution is -2.10. The van der Waals surface area contributed by atoms with Crippen LogP contribution in [-0.4, -0.2) is 22.6 Å². The zero-order valence-electron chi connectivity index (χ0n) is 16.6. The minimum Gasteiger partial charge on any atom is -0.489 e. The third kappa shape index (κ3) is 5.98. The van der Waals surface area contributed by atoms with Gasteiger partial charge in [-0.05, 0) is 65.0 Å². The molecule has 1 heterocycles. The number of aryl methyl sites for hydroxylation is 1. The molecule has 0 unspecified atom stereocenters. The number of rotatable bonds is 8. The monoisotopic (exact) mass is 366 g/mol. The van der Waals surface area contributed by atoms with Crippen LogP contribution in [0.3, 0.4) is 0 Å². The summed E-state index contributed by atoms with van der Waals surface area (Å²) in [7, 11) is 0. The highest BCUT2D eigenvalue weighted by molar-refractivity contribution is 5.63. The first-order valence-corrected chi connectivity index (χ1v) is 9.90. The van der Waals surface area contributed by atoms with Crippen LogP contribution in [0.2, 0.25) is 0 Å². The maximum atomic E-state index is 5.87. The van der Waals surface area contributed by atoms with E-state index in [4.69, 9.17) is 4.74 Å². The van der Waals surface area contributed by atoms with E-state index in [2.05, 4.69) is 26.7 Å². The Kier molecular flexibility index (Phi) is 6.69.